The van der Waals surface area contributed by atoms with Crippen LogP contribution in [0.2, 0.25) is 0 Å². The molecule has 152 valence electrons. The third-order valence-corrected chi connectivity index (χ3v) is 5.64. The number of morpholine rings is 1. The van der Waals surface area contributed by atoms with Gasteiger partial charge in [0.25, 0.3) is 0 Å². The molecular formula is C20H28FN5O2. The molecule has 1 aromatic carbocycles. The Labute approximate surface area is 164 Å². The maximum atomic E-state index is 14.7. The van der Waals surface area contributed by atoms with Gasteiger partial charge >= 0.3 is 0 Å². The predicted molar refractivity (Wildman–Crippen MR) is 107 cm³/mol. The summed E-state index contributed by atoms with van der Waals surface area (Å²) in [5, 5.41) is 4.31. The van der Waals surface area contributed by atoms with Crippen molar-refractivity contribution in [3.05, 3.63) is 24.5 Å². The highest BCUT2D eigenvalue weighted by atomic mass is 19.1. The van der Waals surface area contributed by atoms with E-state index in [-0.39, 0.29) is 12.8 Å². The van der Waals surface area contributed by atoms with E-state index in [1.54, 1.807) is 11.8 Å². The van der Waals surface area contributed by atoms with Crippen LogP contribution in [0.15, 0.2) is 24.5 Å². The Morgan fingerprint density at radius 2 is 2.14 bits per heavy atom. The number of alkyl halides is 1. The number of hydrogen-bond donors (Lipinski definition) is 1. The zero-order valence-electron chi connectivity index (χ0n) is 16.5. The predicted octanol–water partition coefficient (Wildman–Crippen LogP) is 2.62. The fraction of sp³-hybridized carbons (Fsp3) is 0.550. The Morgan fingerprint density at radius 1 is 1.29 bits per heavy atom. The van der Waals surface area contributed by atoms with Crippen LogP contribution in [0.1, 0.15) is 19.3 Å². The van der Waals surface area contributed by atoms with Crippen LogP contribution in [0.4, 0.5) is 15.8 Å². The van der Waals surface area contributed by atoms with Crippen LogP contribution in [0.5, 0.6) is 5.75 Å². The number of rotatable bonds is 4. The summed E-state index contributed by atoms with van der Waals surface area (Å²) in [7, 11) is 3.51. The molecule has 2 N–H and O–H groups in total. The summed E-state index contributed by atoms with van der Waals surface area (Å²) in [5.41, 5.74) is 9.77. The van der Waals surface area contributed by atoms with Crippen molar-refractivity contribution in [1.82, 2.24) is 14.7 Å². The topological polar surface area (TPSA) is 68.8 Å². The Kier molecular flexibility index (Phi) is 5.41. The molecule has 2 atom stereocenters. The molecule has 0 radical (unpaired) electrons. The standard InChI is InChI=1S/C20H28FN5O2/c1-24-12-14(11-23-24)15-9-16(22)18(27-2)10-17(15)25-6-4-3-5-20(25)26-7-8-28-13-19(26)21/h9-12,19-20H,3-8,13,22H2,1-2H3. The van der Waals surface area contributed by atoms with Gasteiger partial charge in [-0.3, -0.25) is 4.68 Å². The quantitative estimate of drug-likeness (QED) is 0.640. The van der Waals surface area contributed by atoms with Crippen molar-refractivity contribution in [2.75, 3.05) is 44.0 Å². The first-order valence-electron chi connectivity index (χ1n) is 9.79. The van der Waals surface area contributed by atoms with E-state index in [4.69, 9.17) is 15.2 Å². The lowest BCUT2D eigenvalue weighted by Crippen LogP contribution is -2.57. The van der Waals surface area contributed by atoms with Gasteiger partial charge in [-0.2, -0.15) is 5.10 Å². The number of methoxy groups -OCH3 is 1. The van der Waals surface area contributed by atoms with Gasteiger partial charge < -0.3 is 20.1 Å². The number of halogens is 1. The minimum absolute atomic E-state index is 0.0172. The first kappa shape index (κ1) is 19.0. The third-order valence-electron chi connectivity index (χ3n) is 5.64. The van der Waals surface area contributed by atoms with E-state index in [2.05, 4.69) is 10.00 Å². The minimum Gasteiger partial charge on any atom is -0.495 e. The van der Waals surface area contributed by atoms with Crippen molar-refractivity contribution in [2.24, 2.45) is 7.05 Å². The summed E-state index contributed by atoms with van der Waals surface area (Å²) in [6.45, 7) is 2.14. The molecule has 2 saturated heterocycles. The van der Waals surface area contributed by atoms with E-state index in [1.807, 2.05) is 36.5 Å². The van der Waals surface area contributed by atoms with Crippen molar-refractivity contribution < 1.29 is 13.9 Å². The molecule has 2 fully saturated rings. The summed E-state index contributed by atoms with van der Waals surface area (Å²) >= 11 is 0. The van der Waals surface area contributed by atoms with E-state index in [0.717, 1.165) is 42.6 Å². The van der Waals surface area contributed by atoms with Crippen LogP contribution in [-0.2, 0) is 11.8 Å². The zero-order valence-corrected chi connectivity index (χ0v) is 16.5. The molecule has 2 aromatic rings. The Balaban J connectivity index is 1.78. The van der Waals surface area contributed by atoms with E-state index < -0.39 is 6.30 Å². The van der Waals surface area contributed by atoms with E-state index in [9.17, 15) is 4.39 Å². The summed E-state index contributed by atoms with van der Waals surface area (Å²) in [6, 6.07) is 3.91. The first-order valence-corrected chi connectivity index (χ1v) is 9.79. The van der Waals surface area contributed by atoms with Crippen LogP contribution < -0.4 is 15.4 Å². The number of aryl methyl sites for hydroxylation is 1. The lowest BCUT2D eigenvalue weighted by atomic mass is 9.99. The van der Waals surface area contributed by atoms with Crippen molar-refractivity contribution >= 4 is 11.4 Å². The lowest BCUT2D eigenvalue weighted by molar-refractivity contribution is -0.0860. The van der Waals surface area contributed by atoms with Crippen LogP contribution >= 0.6 is 0 Å². The highest BCUT2D eigenvalue weighted by Gasteiger charge is 2.36. The molecule has 2 aliphatic rings. The minimum atomic E-state index is -1.09. The molecule has 2 aliphatic heterocycles. The van der Waals surface area contributed by atoms with E-state index in [0.29, 0.717) is 24.6 Å². The largest absolute Gasteiger partial charge is 0.495 e. The van der Waals surface area contributed by atoms with E-state index in [1.165, 1.54) is 0 Å². The van der Waals surface area contributed by atoms with Gasteiger partial charge in [0.1, 0.15) is 5.75 Å². The van der Waals surface area contributed by atoms with Crippen LogP contribution in [0.3, 0.4) is 0 Å². The van der Waals surface area contributed by atoms with E-state index >= 15 is 0 Å². The van der Waals surface area contributed by atoms with Gasteiger partial charge in [0.2, 0.25) is 0 Å². The SMILES string of the molecule is COc1cc(N2CCCCC2N2CCOCC2F)c(-c2cnn(C)c2)cc1N. The monoisotopic (exact) mass is 389 g/mol. The molecule has 0 amide bonds. The third kappa shape index (κ3) is 3.54. The summed E-state index contributed by atoms with van der Waals surface area (Å²) in [4.78, 5) is 4.23. The van der Waals surface area contributed by atoms with Gasteiger partial charge in [-0.05, 0) is 25.3 Å². The highest BCUT2D eigenvalue weighted by Crippen LogP contribution is 2.41. The number of aromatic nitrogens is 2. The lowest BCUT2D eigenvalue weighted by Gasteiger charge is -2.46. The molecule has 0 spiro atoms. The number of ether oxygens (including phenoxy) is 2. The number of benzene rings is 1. The Morgan fingerprint density at radius 3 is 2.86 bits per heavy atom. The van der Waals surface area contributed by atoms with Crippen LogP contribution in [0, 0.1) is 0 Å². The normalized spacial score (nSPS) is 23.8. The average Bonchev–Trinajstić information content (AvgIpc) is 3.14. The first-order chi connectivity index (χ1) is 13.6. The Hall–Kier alpha value is -2.32. The highest BCUT2D eigenvalue weighted by molar-refractivity contribution is 5.84. The van der Waals surface area contributed by atoms with Gasteiger partial charge in [0.05, 0.1) is 38.4 Å². The fourth-order valence-electron chi connectivity index (χ4n) is 4.25. The zero-order chi connectivity index (χ0) is 19.7. The summed E-state index contributed by atoms with van der Waals surface area (Å²) in [5.74, 6) is 0.630. The van der Waals surface area contributed by atoms with Crippen LogP contribution in [0.25, 0.3) is 11.1 Å². The van der Waals surface area contributed by atoms with Crippen molar-refractivity contribution in [1.29, 1.82) is 0 Å². The average molecular weight is 389 g/mol. The molecule has 0 saturated carbocycles. The number of piperidine rings is 1. The molecule has 0 bridgehead atoms. The second-order valence-corrected chi connectivity index (χ2v) is 7.43. The smallest absolute Gasteiger partial charge is 0.178 e. The van der Waals surface area contributed by atoms with Crippen molar-refractivity contribution in [2.45, 2.75) is 31.7 Å². The molecule has 0 aliphatic carbocycles. The van der Waals surface area contributed by atoms with Gasteiger partial charge in [-0.25, -0.2) is 9.29 Å². The van der Waals surface area contributed by atoms with Gasteiger partial charge in [0.15, 0.2) is 6.30 Å². The molecule has 1 aromatic heterocycles. The second-order valence-electron chi connectivity index (χ2n) is 7.43. The Bertz CT molecular complexity index is 827. The van der Waals surface area contributed by atoms with Crippen molar-refractivity contribution in [3.8, 4) is 16.9 Å². The number of nitrogens with zero attached hydrogens (tertiary/aromatic N) is 4. The number of anilines is 2. The number of nitrogen functional groups attached to an aromatic ring is 1. The molecule has 7 nitrogen and oxygen atoms in total. The molecule has 4 rings (SSSR count). The van der Waals surface area contributed by atoms with Crippen LogP contribution in [-0.4, -0.2) is 60.6 Å². The van der Waals surface area contributed by atoms with Gasteiger partial charge in [-0.15, -0.1) is 0 Å². The number of nitrogens with two attached hydrogens (primary N) is 1. The summed E-state index contributed by atoms with van der Waals surface area (Å²) < 4.78 is 27.2. The molecular weight excluding hydrogens is 361 g/mol. The molecule has 3 heterocycles. The van der Waals surface area contributed by atoms with Gasteiger partial charge in [0, 0.05) is 49.2 Å². The maximum absolute atomic E-state index is 14.7. The maximum Gasteiger partial charge on any atom is 0.178 e. The summed E-state index contributed by atoms with van der Waals surface area (Å²) in [6.07, 6.45) is 5.76. The van der Waals surface area contributed by atoms with Gasteiger partial charge in [-0.1, -0.05) is 0 Å². The van der Waals surface area contributed by atoms with Crippen molar-refractivity contribution in [3.63, 3.8) is 0 Å². The molecule has 28 heavy (non-hydrogen) atoms. The molecule has 8 heteroatoms. The molecule has 2 unspecified atom stereocenters. The fourth-order valence-corrected chi connectivity index (χ4v) is 4.25. The second kappa shape index (κ2) is 7.97. The number of hydrogen-bond acceptors (Lipinski definition) is 6.